The zero-order chi connectivity index (χ0) is 11.1. The van der Waals surface area contributed by atoms with Crippen LogP contribution in [0.25, 0.3) is 11.0 Å². The summed E-state index contributed by atoms with van der Waals surface area (Å²) in [4.78, 5) is 4.68. The molecule has 0 saturated heterocycles. The van der Waals surface area contributed by atoms with E-state index in [2.05, 4.69) is 22.5 Å². The van der Waals surface area contributed by atoms with Gasteiger partial charge >= 0.3 is 0 Å². The number of anilines is 1. The van der Waals surface area contributed by atoms with E-state index in [0.717, 1.165) is 17.6 Å². The number of aromatic nitrogens is 2. The van der Waals surface area contributed by atoms with Gasteiger partial charge in [0.2, 0.25) is 0 Å². The average molecular weight is 215 g/mol. The molecule has 0 aliphatic heterocycles. The van der Waals surface area contributed by atoms with E-state index >= 15 is 0 Å². The smallest absolute Gasteiger partial charge is 0.109 e. The Bertz CT molecular complexity index is 523. The maximum absolute atomic E-state index is 5.80. The van der Waals surface area contributed by atoms with Crippen molar-refractivity contribution in [2.24, 2.45) is 0 Å². The second-order valence-electron chi connectivity index (χ2n) is 4.58. The van der Waals surface area contributed by atoms with Gasteiger partial charge in [-0.25, -0.2) is 4.98 Å². The number of nitrogens with zero attached hydrogens (tertiary/aromatic N) is 2. The van der Waals surface area contributed by atoms with E-state index in [1.807, 2.05) is 12.1 Å². The number of rotatable bonds is 2. The van der Waals surface area contributed by atoms with Crippen LogP contribution in [0.4, 0.5) is 5.69 Å². The summed E-state index contributed by atoms with van der Waals surface area (Å²) >= 11 is 0. The van der Waals surface area contributed by atoms with Crippen molar-refractivity contribution in [2.75, 3.05) is 5.73 Å². The highest BCUT2D eigenvalue weighted by atomic mass is 15.1. The summed E-state index contributed by atoms with van der Waals surface area (Å²) in [5.74, 6) is 1.20. The first kappa shape index (κ1) is 9.70. The van der Waals surface area contributed by atoms with Crippen molar-refractivity contribution >= 4 is 16.7 Å². The topological polar surface area (TPSA) is 43.8 Å². The molecular weight excluding hydrogens is 198 g/mol. The summed E-state index contributed by atoms with van der Waals surface area (Å²) in [7, 11) is 0. The Balaban J connectivity index is 2.22. The van der Waals surface area contributed by atoms with Crippen molar-refractivity contribution in [1.29, 1.82) is 0 Å². The molecule has 1 heterocycles. The van der Waals surface area contributed by atoms with Gasteiger partial charge in [0.05, 0.1) is 11.0 Å². The molecule has 1 saturated carbocycles. The van der Waals surface area contributed by atoms with Crippen LogP contribution in [0.5, 0.6) is 0 Å². The lowest BCUT2D eigenvalue weighted by Gasteiger charge is -2.29. The minimum absolute atomic E-state index is 0.670. The van der Waals surface area contributed by atoms with Crippen LogP contribution in [-0.2, 0) is 6.42 Å². The van der Waals surface area contributed by atoms with Crippen LogP contribution in [0.15, 0.2) is 18.2 Å². The van der Waals surface area contributed by atoms with Crippen molar-refractivity contribution < 1.29 is 0 Å². The lowest BCUT2D eigenvalue weighted by molar-refractivity contribution is 0.313. The van der Waals surface area contributed by atoms with Gasteiger partial charge in [-0.05, 0) is 37.5 Å². The summed E-state index contributed by atoms with van der Waals surface area (Å²) in [5.41, 5.74) is 8.89. The number of benzene rings is 1. The molecule has 84 valence electrons. The second-order valence-corrected chi connectivity index (χ2v) is 4.58. The summed E-state index contributed by atoms with van der Waals surface area (Å²) in [6, 6.07) is 6.72. The average Bonchev–Trinajstić information content (AvgIpc) is 2.54. The maximum atomic E-state index is 5.80. The summed E-state index contributed by atoms with van der Waals surface area (Å²) in [6.45, 7) is 2.17. The fourth-order valence-electron chi connectivity index (χ4n) is 2.47. The second kappa shape index (κ2) is 3.51. The molecule has 0 radical (unpaired) electrons. The lowest BCUT2D eigenvalue weighted by Crippen LogP contribution is -2.18. The molecule has 3 heteroatoms. The predicted molar refractivity (Wildman–Crippen MR) is 66.4 cm³/mol. The number of imidazole rings is 1. The van der Waals surface area contributed by atoms with Gasteiger partial charge in [-0.2, -0.15) is 0 Å². The summed E-state index contributed by atoms with van der Waals surface area (Å²) < 4.78 is 2.41. The minimum atomic E-state index is 0.670. The van der Waals surface area contributed by atoms with E-state index in [1.54, 1.807) is 0 Å². The van der Waals surface area contributed by atoms with Crippen molar-refractivity contribution in [3.8, 4) is 0 Å². The highest BCUT2D eigenvalue weighted by Gasteiger charge is 2.23. The number of hydrogen-bond donors (Lipinski definition) is 1. The fourth-order valence-corrected chi connectivity index (χ4v) is 2.47. The van der Waals surface area contributed by atoms with Gasteiger partial charge in [-0.1, -0.05) is 6.92 Å². The highest BCUT2D eigenvalue weighted by Crippen LogP contribution is 2.35. The molecule has 1 aliphatic rings. The Morgan fingerprint density at radius 1 is 1.44 bits per heavy atom. The quantitative estimate of drug-likeness (QED) is 0.783. The van der Waals surface area contributed by atoms with Crippen LogP contribution in [0.2, 0.25) is 0 Å². The Morgan fingerprint density at radius 2 is 2.25 bits per heavy atom. The van der Waals surface area contributed by atoms with E-state index in [4.69, 9.17) is 5.73 Å². The van der Waals surface area contributed by atoms with Crippen molar-refractivity contribution in [2.45, 2.75) is 38.6 Å². The first-order chi connectivity index (χ1) is 7.79. The third kappa shape index (κ3) is 1.31. The largest absolute Gasteiger partial charge is 0.399 e. The molecule has 0 atom stereocenters. The first-order valence-electron chi connectivity index (χ1n) is 6.06. The van der Waals surface area contributed by atoms with Gasteiger partial charge in [-0.15, -0.1) is 0 Å². The summed E-state index contributed by atoms with van der Waals surface area (Å²) in [5, 5.41) is 0. The minimum Gasteiger partial charge on any atom is -0.399 e. The molecule has 1 fully saturated rings. The zero-order valence-corrected chi connectivity index (χ0v) is 9.61. The predicted octanol–water partition coefficient (Wildman–Crippen LogP) is 2.91. The van der Waals surface area contributed by atoms with E-state index < -0.39 is 0 Å². The van der Waals surface area contributed by atoms with Crippen LogP contribution in [0.1, 0.15) is 38.1 Å². The molecule has 0 amide bonds. The fraction of sp³-hybridized carbons (Fsp3) is 0.462. The number of aryl methyl sites for hydroxylation is 1. The SMILES string of the molecule is CCc1nc2cc(N)ccc2n1C1CCC1. The zero-order valence-electron chi connectivity index (χ0n) is 9.61. The Labute approximate surface area is 95.3 Å². The molecule has 3 nitrogen and oxygen atoms in total. The van der Waals surface area contributed by atoms with Crippen LogP contribution in [0, 0.1) is 0 Å². The van der Waals surface area contributed by atoms with Gasteiger partial charge < -0.3 is 10.3 Å². The Morgan fingerprint density at radius 3 is 2.88 bits per heavy atom. The van der Waals surface area contributed by atoms with Gasteiger partial charge in [-0.3, -0.25) is 0 Å². The molecule has 16 heavy (non-hydrogen) atoms. The molecule has 1 aromatic carbocycles. The van der Waals surface area contributed by atoms with Crippen LogP contribution < -0.4 is 5.73 Å². The van der Waals surface area contributed by atoms with Gasteiger partial charge in [0.15, 0.2) is 0 Å². The van der Waals surface area contributed by atoms with Crippen molar-refractivity contribution in [3.63, 3.8) is 0 Å². The molecule has 1 aliphatic carbocycles. The maximum Gasteiger partial charge on any atom is 0.109 e. The van der Waals surface area contributed by atoms with Gasteiger partial charge in [0, 0.05) is 18.2 Å². The standard InChI is InChI=1S/C13H17N3/c1-2-13-15-11-8-9(14)6-7-12(11)16(13)10-4-3-5-10/h6-8,10H,2-5,14H2,1H3. The molecule has 0 spiro atoms. The normalized spacial score (nSPS) is 16.6. The lowest BCUT2D eigenvalue weighted by atomic mass is 9.92. The monoisotopic (exact) mass is 215 g/mol. The van der Waals surface area contributed by atoms with Gasteiger partial charge in [0.1, 0.15) is 5.82 Å². The van der Waals surface area contributed by atoms with E-state index in [9.17, 15) is 0 Å². The highest BCUT2D eigenvalue weighted by molar-refractivity contribution is 5.79. The third-order valence-electron chi connectivity index (χ3n) is 3.54. The number of nitrogens with two attached hydrogens (primary N) is 1. The van der Waals surface area contributed by atoms with E-state index in [1.165, 1.54) is 30.6 Å². The van der Waals surface area contributed by atoms with Crippen molar-refractivity contribution in [3.05, 3.63) is 24.0 Å². The molecule has 1 aromatic heterocycles. The molecule has 2 aromatic rings. The van der Waals surface area contributed by atoms with E-state index in [-0.39, 0.29) is 0 Å². The van der Waals surface area contributed by atoms with Crippen molar-refractivity contribution in [1.82, 2.24) is 9.55 Å². The van der Waals surface area contributed by atoms with Crippen LogP contribution in [0.3, 0.4) is 0 Å². The molecular formula is C13H17N3. The Kier molecular flexibility index (Phi) is 2.13. The molecule has 2 N–H and O–H groups in total. The molecule has 0 unspecified atom stereocenters. The molecule has 3 rings (SSSR count). The summed E-state index contributed by atoms with van der Waals surface area (Å²) in [6.07, 6.45) is 4.93. The van der Waals surface area contributed by atoms with Crippen LogP contribution >= 0.6 is 0 Å². The Hall–Kier alpha value is -1.51. The first-order valence-corrected chi connectivity index (χ1v) is 6.06. The number of nitrogen functional groups attached to an aromatic ring is 1. The number of fused-ring (bicyclic) bond motifs is 1. The third-order valence-corrected chi connectivity index (χ3v) is 3.54. The van der Waals surface area contributed by atoms with Crippen LogP contribution in [-0.4, -0.2) is 9.55 Å². The number of hydrogen-bond acceptors (Lipinski definition) is 2. The molecule has 0 bridgehead atoms. The van der Waals surface area contributed by atoms with Gasteiger partial charge in [0.25, 0.3) is 0 Å². The van der Waals surface area contributed by atoms with E-state index in [0.29, 0.717) is 6.04 Å².